The minimum absolute atomic E-state index is 0.0531. The molecule has 8 heteroatoms. The van der Waals surface area contributed by atoms with Crippen LogP contribution < -0.4 is 15.5 Å². The zero-order valence-electron chi connectivity index (χ0n) is 15.0. The van der Waals surface area contributed by atoms with E-state index in [0.717, 1.165) is 17.1 Å². The normalized spacial score (nSPS) is 16.4. The minimum Gasteiger partial charge on any atom is -0.325 e. The summed E-state index contributed by atoms with van der Waals surface area (Å²) in [6.07, 6.45) is 1.80. The summed E-state index contributed by atoms with van der Waals surface area (Å²) in [6.45, 7) is 0.656. The van der Waals surface area contributed by atoms with Gasteiger partial charge in [0.05, 0.1) is 16.4 Å². The van der Waals surface area contributed by atoms with Crippen LogP contribution in [-0.2, 0) is 9.59 Å². The number of amides is 3. The van der Waals surface area contributed by atoms with Gasteiger partial charge >= 0.3 is 0 Å². The lowest BCUT2D eigenvalue weighted by atomic mass is 10.1. The van der Waals surface area contributed by atoms with E-state index >= 15 is 0 Å². The molecule has 0 spiro atoms. The van der Waals surface area contributed by atoms with E-state index in [-0.39, 0.29) is 17.7 Å². The first-order chi connectivity index (χ1) is 13.5. The molecular weight excluding hydrogens is 398 g/mol. The number of hydrogen-bond donors (Lipinski definition) is 2. The van der Waals surface area contributed by atoms with Crippen molar-refractivity contribution >= 4 is 58.1 Å². The van der Waals surface area contributed by atoms with E-state index in [4.69, 9.17) is 11.6 Å². The third-order valence-corrected chi connectivity index (χ3v) is 6.05. The Morgan fingerprint density at radius 1 is 1.14 bits per heavy atom. The van der Waals surface area contributed by atoms with Gasteiger partial charge in [0.1, 0.15) is 0 Å². The monoisotopic (exact) mass is 415 g/mol. The molecule has 1 saturated heterocycles. The Kier molecular flexibility index (Phi) is 5.28. The molecule has 2 heterocycles. The van der Waals surface area contributed by atoms with E-state index in [1.165, 1.54) is 0 Å². The van der Waals surface area contributed by atoms with E-state index < -0.39 is 0 Å². The lowest BCUT2D eigenvalue weighted by molar-refractivity contribution is -0.117. The van der Waals surface area contributed by atoms with Gasteiger partial charge in [0.25, 0.3) is 5.91 Å². The van der Waals surface area contributed by atoms with Gasteiger partial charge in [0.2, 0.25) is 11.8 Å². The molecule has 4 rings (SSSR count). The van der Waals surface area contributed by atoms with Crippen molar-refractivity contribution in [2.45, 2.75) is 24.2 Å². The third kappa shape index (κ3) is 3.86. The summed E-state index contributed by atoms with van der Waals surface area (Å²) < 4.78 is 0. The second-order valence-electron chi connectivity index (χ2n) is 6.63. The zero-order chi connectivity index (χ0) is 19.7. The molecule has 2 aromatic carbocycles. The molecule has 0 unspecified atom stereocenters. The van der Waals surface area contributed by atoms with Crippen LogP contribution in [0.3, 0.4) is 0 Å². The summed E-state index contributed by atoms with van der Waals surface area (Å²) in [6, 6.07) is 10.4. The van der Waals surface area contributed by atoms with Gasteiger partial charge in [0.15, 0.2) is 0 Å². The number of benzene rings is 2. The van der Waals surface area contributed by atoms with Gasteiger partial charge in [0, 0.05) is 41.3 Å². The van der Waals surface area contributed by atoms with Crippen LogP contribution in [0.5, 0.6) is 0 Å². The van der Waals surface area contributed by atoms with Crippen LogP contribution in [0.4, 0.5) is 17.1 Å². The Labute approximate surface area is 171 Å². The quantitative estimate of drug-likeness (QED) is 0.789. The maximum atomic E-state index is 12.6. The maximum absolute atomic E-state index is 12.6. The highest BCUT2D eigenvalue weighted by atomic mass is 35.5. The number of halogens is 1. The van der Waals surface area contributed by atoms with Crippen LogP contribution in [0.1, 0.15) is 29.6 Å². The van der Waals surface area contributed by atoms with Gasteiger partial charge < -0.3 is 15.5 Å². The Bertz CT molecular complexity index is 979. The standard InChI is InChI=1S/C20H18ClN3O3S/c21-14-11-13(4-5-16(14)24-8-1-2-19(24)26)22-20(27)12-3-6-17-15(10-12)23-18(25)7-9-28-17/h3-6,10-11H,1-2,7-9H2,(H,22,27)(H,23,25). The van der Waals surface area contributed by atoms with Crippen molar-refractivity contribution in [3.63, 3.8) is 0 Å². The van der Waals surface area contributed by atoms with Crippen molar-refractivity contribution in [2.75, 3.05) is 27.8 Å². The Hall–Kier alpha value is -2.51. The molecule has 3 amide bonds. The number of carbonyl (C=O) groups excluding carboxylic acids is 3. The number of nitrogens with one attached hydrogen (secondary N) is 2. The molecule has 0 atom stereocenters. The smallest absolute Gasteiger partial charge is 0.255 e. The molecule has 2 aliphatic heterocycles. The largest absolute Gasteiger partial charge is 0.325 e. The maximum Gasteiger partial charge on any atom is 0.255 e. The number of anilines is 3. The van der Waals surface area contributed by atoms with Crippen LogP contribution in [0.15, 0.2) is 41.3 Å². The molecule has 28 heavy (non-hydrogen) atoms. The van der Waals surface area contributed by atoms with Gasteiger partial charge in [-0.3, -0.25) is 14.4 Å². The van der Waals surface area contributed by atoms with Crippen LogP contribution in [0.25, 0.3) is 0 Å². The first-order valence-corrected chi connectivity index (χ1v) is 10.4. The lowest BCUT2D eigenvalue weighted by Gasteiger charge is -2.18. The average molecular weight is 416 g/mol. The van der Waals surface area contributed by atoms with Crippen LogP contribution in [0.2, 0.25) is 5.02 Å². The SMILES string of the molecule is O=C1CCSc2ccc(C(=O)Nc3ccc(N4CCCC4=O)c(Cl)c3)cc2N1. The van der Waals surface area contributed by atoms with Gasteiger partial charge in [-0.1, -0.05) is 11.6 Å². The Morgan fingerprint density at radius 2 is 2.00 bits per heavy atom. The molecule has 2 N–H and O–H groups in total. The summed E-state index contributed by atoms with van der Waals surface area (Å²) in [4.78, 5) is 38.9. The van der Waals surface area contributed by atoms with Gasteiger partial charge in [-0.05, 0) is 42.8 Å². The molecule has 0 aromatic heterocycles. The number of fused-ring (bicyclic) bond motifs is 1. The fraction of sp³-hybridized carbons (Fsp3) is 0.250. The summed E-state index contributed by atoms with van der Waals surface area (Å²) in [5.74, 6) is 0.424. The lowest BCUT2D eigenvalue weighted by Crippen LogP contribution is -2.24. The second kappa shape index (κ2) is 7.85. The first-order valence-electron chi connectivity index (χ1n) is 8.99. The number of rotatable bonds is 3. The Morgan fingerprint density at radius 3 is 2.75 bits per heavy atom. The fourth-order valence-corrected chi connectivity index (χ4v) is 4.49. The molecule has 2 aliphatic rings. The average Bonchev–Trinajstić information content (AvgIpc) is 2.99. The fourth-order valence-electron chi connectivity index (χ4n) is 3.27. The minimum atomic E-state index is -0.299. The Balaban J connectivity index is 1.51. The first kappa shape index (κ1) is 18.8. The van der Waals surface area contributed by atoms with Gasteiger partial charge in [-0.15, -0.1) is 11.8 Å². The van der Waals surface area contributed by atoms with Crippen molar-refractivity contribution in [3.05, 3.63) is 47.0 Å². The zero-order valence-corrected chi connectivity index (χ0v) is 16.5. The van der Waals surface area contributed by atoms with E-state index in [9.17, 15) is 14.4 Å². The highest BCUT2D eigenvalue weighted by Gasteiger charge is 2.24. The van der Waals surface area contributed by atoms with Crippen molar-refractivity contribution in [3.8, 4) is 0 Å². The molecule has 0 aliphatic carbocycles. The van der Waals surface area contributed by atoms with Crippen LogP contribution in [0, 0.1) is 0 Å². The van der Waals surface area contributed by atoms with Crippen molar-refractivity contribution in [1.82, 2.24) is 0 Å². The van der Waals surface area contributed by atoms with Gasteiger partial charge in [-0.2, -0.15) is 0 Å². The van der Waals surface area contributed by atoms with Crippen LogP contribution >= 0.6 is 23.4 Å². The molecular formula is C20H18ClN3O3S. The number of nitrogens with zero attached hydrogens (tertiary/aromatic N) is 1. The van der Waals surface area contributed by atoms with E-state index in [1.807, 2.05) is 6.07 Å². The third-order valence-electron chi connectivity index (χ3n) is 4.67. The van der Waals surface area contributed by atoms with E-state index in [0.29, 0.717) is 47.0 Å². The molecule has 1 fully saturated rings. The van der Waals surface area contributed by atoms with Crippen molar-refractivity contribution < 1.29 is 14.4 Å². The molecule has 6 nitrogen and oxygen atoms in total. The molecule has 2 aromatic rings. The molecule has 0 bridgehead atoms. The van der Waals surface area contributed by atoms with Gasteiger partial charge in [-0.25, -0.2) is 0 Å². The number of hydrogen-bond acceptors (Lipinski definition) is 4. The number of thioether (sulfide) groups is 1. The van der Waals surface area contributed by atoms with Crippen molar-refractivity contribution in [1.29, 1.82) is 0 Å². The predicted molar refractivity (Wildman–Crippen MR) is 111 cm³/mol. The van der Waals surface area contributed by atoms with E-state index in [2.05, 4.69) is 10.6 Å². The molecule has 0 saturated carbocycles. The molecule has 144 valence electrons. The summed E-state index contributed by atoms with van der Waals surface area (Å²) in [5, 5.41) is 6.07. The highest BCUT2D eigenvalue weighted by molar-refractivity contribution is 7.99. The summed E-state index contributed by atoms with van der Waals surface area (Å²) in [5.41, 5.74) is 2.29. The highest BCUT2D eigenvalue weighted by Crippen LogP contribution is 2.33. The topological polar surface area (TPSA) is 78.5 Å². The summed E-state index contributed by atoms with van der Waals surface area (Å²) in [7, 11) is 0. The number of carbonyl (C=O) groups is 3. The van der Waals surface area contributed by atoms with Crippen LogP contribution in [-0.4, -0.2) is 30.0 Å². The summed E-state index contributed by atoms with van der Waals surface area (Å²) >= 11 is 7.93. The molecule has 0 radical (unpaired) electrons. The van der Waals surface area contributed by atoms with E-state index in [1.54, 1.807) is 47.0 Å². The second-order valence-corrected chi connectivity index (χ2v) is 8.17. The van der Waals surface area contributed by atoms with Crippen molar-refractivity contribution in [2.24, 2.45) is 0 Å². The predicted octanol–water partition coefficient (Wildman–Crippen LogP) is 4.15.